The van der Waals surface area contributed by atoms with Crippen LogP contribution in [0.2, 0.25) is 0 Å². The summed E-state index contributed by atoms with van der Waals surface area (Å²) >= 11 is 2.62. The molecule has 3 heterocycles. The second-order valence-corrected chi connectivity index (χ2v) is 10.7. The number of thiazole rings is 1. The van der Waals surface area contributed by atoms with Crippen LogP contribution in [0.25, 0.3) is 0 Å². The van der Waals surface area contributed by atoms with Gasteiger partial charge in [0.05, 0.1) is 15.8 Å². The molecule has 1 unspecified atom stereocenters. The molecule has 1 fully saturated rings. The van der Waals surface area contributed by atoms with E-state index in [4.69, 9.17) is 0 Å². The molecule has 0 saturated carbocycles. The third-order valence-electron chi connectivity index (χ3n) is 4.92. The van der Waals surface area contributed by atoms with Crippen molar-refractivity contribution in [3.05, 3.63) is 53.4 Å². The van der Waals surface area contributed by atoms with Crippen molar-refractivity contribution in [2.45, 2.75) is 17.7 Å². The van der Waals surface area contributed by atoms with Crippen LogP contribution in [0.5, 0.6) is 0 Å². The molecule has 1 atom stereocenters. The van der Waals surface area contributed by atoms with Crippen LogP contribution in [0, 0.1) is 5.92 Å². The maximum absolute atomic E-state index is 12.7. The second-order valence-electron chi connectivity index (χ2n) is 7.15. The Morgan fingerprint density at radius 1 is 1.06 bits per heavy atom. The summed E-state index contributed by atoms with van der Waals surface area (Å²) in [4.78, 5) is 30.8. The molecule has 0 bridgehead atoms. The number of nitrogens with one attached hydrogen (secondary N) is 3. The minimum absolute atomic E-state index is 0.0692. The normalized spacial score (nSPS) is 16.4. The number of thiophene rings is 1. The molecule has 4 rings (SSSR count). The Hall–Kier alpha value is -2.96. The van der Waals surface area contributed by atoms with Crippen LogP contribution in [0.3, 0.4) is 0 Å². The van der Waals surface area contributed by atoms with Gasteiger partial charge in [0, 0.05) is 30.4 Å². The summed E-state index contributed by atoms with van der Waals surface area (Å²) in [7, 11) is -3.75. The summed E-state index contributed by atoms with van der Waals surface area (Å²) in [6.07, 6.45) is 2.92. The van der Waals surface area contributed by atoms with E-state index in [9.17, 15) is 18.0 Å². The zero-order valence-electron chi connectivity index (χ0n) is 16.9. The zero-order chi connectivity index (χ0) is 22.6. The SMILES string of the molecule is O=C(Nc1ccc(S(=O)(=O)Nc2nccs2)cc1)C1CCCN(C(=O)Nc2cccs2)C1. The van der Waals surface area contributed by atoms with Gasteiger partial charge >= 0.3 is 6.03 Å². The van der Waals surface area contributed by atoms with Crippen LogP contribution in [0.4, 0.5) is 20.6 Å². The van der Waals surface area contributed by atoms with Crippen LogP contribution in [0.1, 0.15) is 12.8 Å². The maximum Gasteiger partial charge on any atom is 0.322 e. The molecule has 0 radical (unpaired) electrons. The summed E-state index contributed by atoms with van der Waals surface area (Å²) in [5, 5.41) is 10.3. The van der Waals surface area contributed by atoms with Gasteiger partial charge in [0.25, 0.3) is 10.0 Å². The predicted octanol–water partition coefficient (Wildman–Crippen LogP) is 3.89. The second kappa shape index (κ2) is 9.67. The average Bonchev–Trinajstić information content (AvgIpc) is 3.48. The Kier molecular flexibility index (Phi) is 6.72. The van der Waals surface area contributed by atoms with E-state index in [1.54, 1.807) is 22.4 Å². The summed E-state index contributed by atoms with van der Waals surface area (Å²) in [6.45, 7) is 0.923. The van der Waals surface area contributed by atoms with Gasteiger partial charge in [-0.05, 0) is 54.6 Å². The van der Waals surface area contributed by atoms with Crippen molar-refractivity contribution >= 4 is 60.5 Å². The third kappa shape index (κ3) is 5.44. The summed E-state index contributed by atoms with van der Waals surface area (Å²) < 4.78 is 27.2. The van der Waals surface area contributed by atoms with Crippen LogP contribution < -0.4 is 15.4 Å². The molecule has 3 amide bonds. The lowest BCUT2D eigenvalue weighted by molar-refractivity contribution is -0.121. The Labute approximate surface area is 193 Å². The Balaban J connectivity index is 1.34. The number of carbonyl (C=O) groups excluding carboxylic acids is 2. The standard InChI is InChI=1S/C20H21N5O4S3/c26-18(14-3-1-10-25(13-14)20(27)23-17-4-2-11-30-17)22-15-5-7-16(8-6-15)32(28,29)24-19-21-9-12-31-19/h2,4-9,11-12,14H,1,3,10,13H2,(H,21,24)(H,22,26)(H,23,27). The van der Waals surface area contributed by atoms with Gasteiger partial charge in [0.2, 0.25) is 5.91 Å². The lowest BCUT2D eigenvalue weighted by atomic mass is 9.97. The molecular formula is C20H21N5O4S3. The van der Waals surface area contributed by atoms with Crippen molar-refractivity contribution in [2.24, 2.45) is 5.92 Å². The number of nitrogens with zero attached hydrogens (tertiary/aromatic N) is 2. The van der Waals surface area contributed by atoms with Gasteiger partial charge in [-0.15, -0.1) is 22.7 Å². The van der Waals surface area contributed by atoms with E-state index in [1.165, 1.54) is 41.0 Å². The molecule has 0 spiro atoms. The monoisotopic (exact) mass is 491 g/mol. The molecule has 3 aromatic rings. The fourth-order valence-electron chi connectivity index (χ4n) is 3.32. The first kappa shape index (κ1) is 22.2. The number of anilines is 3. The largest absolute Gasteiger partial charge is 0.326 e. The Bertz CT molecular complexity index is 1160. The first-order chi connectivity index (χ1) is 15.4. The van der Waals surface area contributed by atoms with Crippen molar-refractivity contribution < 1.29 is 18.0 Å². The van der Waals surface area contributed by atoms with Gasteiger partial charge in [-0.2, -0.15) is 0 Å². The number of piperidine rings is 1. The number of likely N-dealkylation sites (tertiary alicyclic amines) is 1. The summed E-state index contributed by atoms with van der Waals surface area (Å²) in [5.74, 6) is -0.539. The van der Waals surface area contributed by atoms with Gasteiger partial charge in [-0.1, -0.05) is 0 Å². The molecule has 3 N–H and O–H groups in total. The minimum atomic E-state index is -3.75. The van der Waals surface area contributed by atoms with E-state index in [-0.39, 0.29) is 27.9 Å². The van der Waals surface area contributed by atoms with Gasteiger partial charge in [-0.25, -0.2) is 18.2 Å². The summed E-state index contributed by atoms with van der Waals surface area (Å²) in [5.41, 5.74) is 0.489. The van der Waals surface area contributed by atoms with Crippen LogP contribution in [0.15, 0.2) is 58.3 Å². The smallest absolute Gasteiger partial charge is 0.322 e. The average molecular weight is 492 g/mol. The Morgan fingerprint density at radius 2 is 1.88 bits per heavy atom. The van der Waals surface area contributed by atoms with Gasteiger partial charge in [-0.3, -0.25) is 14.8 Å². The molecular weight excluding hydrogens is 470 g/mol. The number of carbonyl (C=O) groups is 2. The molecule has 2 aromatic heterocycles. The number of hydrogen-bond acceptors (Lipinski definition) is 7. The van der Waals surface area contributed by atoms with Crippen molar-refractivity contribution in [3.63, 3.8) is 0 Å². The molecule has 12 heteroatoms. The van der Waals surface area contributed by atoms with Crippen molar-refractivity contribution in [3.8, 4) is 0 Å². The number of aromatic nitrogens is 1. The quantitative estimate of drug-likeness (QED) is 0.483. The molecule has 168 valence electrons. The molecule has 32 heavy (non-hydrogen) atoms. The van der Waals surface area contributed by atoms with Gasteiger partial charge in [0.15, 0.2) is 5.13 Å². The van der Waals surface area contributed by atoms with Crippen molar-refractivity contribution in [2.75, 3.05) is 28.4 Å². The highest BCUT2D eigenvalue weighted by Gasteiger charge is 2.28. The highest BCUT2D eigenvalue weighted by atomic mass is 32.2. The molecule has 0 aliphatic carbocycles. The number of benzene rings is 1. The minimum Gasteiger partial charge on any atom is -0.326 e. The molecule has 1 aliphatic heterocycles. The van der Waals surface area contributed by atoms with E-state index in [0.717, 1.165) is 11.4 Å². The van der Waals surface area contributed by atoms with Crippen LogP contribution in [-0.4, -0.2) is 43.3 Å². The molecule has 1 aromatic carbocycles. The van der Waals surface area contributed by atoms with Crippen molar-refractivity contribution in [1.29, 1.82) is 0 Å². The number of hydrogen-bond donors (Lipinski definition) is 3. The lowest BCUT2D eigenvalue weighted by Crippen LogP contribution is -2.45. The first-order valence-electron chi connectivity index (χ1n) is 9.83. The first-order valence-corrected chi connectivity index (χ1v) is 13.1. The van der Waals surface area contributed by atoms with Gasteiger partial charge in [0.1, 0.15) is 0 Å². The maximum atomic E-state index is 12.7. The number of urea groups is 1. The highest BCUT2D eigenvalue weighted by Crippen LogP contribution is 2.23. The van der Waals surface area contributed by atoms with E-state index in [1.807, 2.05) is 17.5 Å². The topological polar surface area (TPSA) is 120 Å². The number of amides is 3. The predicted molar refractivity (Wildman–Crippen MR) is 126 cm³/mol. The van der Waals surface area contributed by atoms with E-state index >= 15 is 0 Å². The fraction of sp³-hybridized carbons (Fsp3) is 0.250. The molecule has 9 nitrogen and oxygen atoms in total. The molecule has 1 aliphatic rings. The highest BCUT2D eigenvalue weighted by molar-refractivity contribution is 7.93. The van der Waals surface area contributed by atoms with Crippen LogP contribution >= 0.6 is 22.7 Å². The lowest BCUT2D eigenvalue weighted by Gasteiger charge is -2.31. The number of rotatable bonds is 6. The summed E-state index contributed by atoms with van der Waals surface area (Å²) in [6, 6.07) is 9.40. The zero-order valence-corrected chi connectivity index (χ0v) is 19.3. The fourth-order valence-corrected chi connectivity index (χ4v) is 5.72. The van der Waals surface area contributed by atoms with Gasteiger partial charge < -0.3 is 10.2 Å². The van der Waals surface area contributed by atoms with E-state index in [0.29, 0.717) is 25.2 Å². The van der Waals surface area contributed by atoms with Crippen molar-refractivity contribution in [1.82, 2.24) is 9.88 Å². The Morgan fingerprint density at radius 3 is 2.56 bits per heavy atom. The van der Waals surface area contributed by atoms with Crippen LogP contribution in [-0.2, 0) is 14.8 Å². The van der Waals surface area contributed by atoms with E-state index < -0.39 is 10.0 Å². The third-order valence-corrected chi connectivity index (χ3v) is 7.87. The number of sulfonamides is 1. The van der Waals surface area contributed by atoms with E-state index in [2.05, 4.69) is 20.3 Å². The molecule has 1 saturated heterocycles.